The van der Waals surface area contributed by atoms with E-state index in [1.165, 1.54) is 124 Å². The van der Waals surface area contributed by atoms with Crippen LogP contribution in [0.5, 0.6) is 0 Å². The molecule has 0 aliphatic rings. The van der Waals surface area contributed by atoms with Crippen LogP contribution >= 0.6 is 18.9 Å². The molecule has 0 aliphatic heterocycles. The van der Waals surface area contributed by atoms with E-state index < -0.39 is 18.9 Å². The number of para-hydroxylation sites is 6. The molecule has 24 rings (SSSR count). The molecule has 15 aromatic carbocycles. The van der Waals surface area contributed by atoms with Gasteiger partial charge in [0.2, 0.25) is 0 Å². The Morgan fingerprint density at radius 3 is 1.16 bits per heavy atom. The summed E-state index contributed by atoms with van der Waals surface area (Å²) in [6.07, 6.45) is 9.52. The fraction of sp³-hybridized carbons (Fsp3) is 0. The molecule has 9 heterocycles. The van der Waals surface area contributed by atoms with Crippen molar-refractivity contribution in [3.8, 4) is 0 Å². The van der Waals surface area contributed by atoms with Crippen LogP contribution in [-0.4, -0.2) is 90.4 Å². The maximum Gasteiger partial charge on any atom is 0.146 e. The minimum absolute atomic E-state index is 0. The number of rotatable bonds is 9. The van der Waals surface area contributed by atoms with Crippen molar-refractivity contribution >= 4 is 261 Å². The zero-order valence-corrected chi connectivity index (χ0v) is 71.0. The van der Waals surface area contributed by atoms with Gasteiger partial charge in [-0.1, -0.05) is 72.8 Å². The van der Waals surface area contributed by atoms with Crippen LogP contribution in [0.15, 0.2) is 401 Å². The van der Waals surface area contributed by atoms with Gasteiger partial charge in [-0.15, -0.1) is 0 Å². The number of fused-ring (bicyclic) bond motifs is 27. The van der Waals surface area contributed by atoms with Gasteiger partial charge in [-0.25, -0.2) is 4.98 Å². The van der Waals surface area contributed by atoms with E-state index in [2.05, 4.69) is 416 Å². The molecule has 0 radical (unpaired) electrons. The van der Waals surface area contributed by atoms with Gasteiger partial charge in [0, 0.05) is 40.1 Å². The largest absolute Gasteiger partial charge is 0.291 e. The number of aromatic nitrogens is 9. The first-order chi connectivity index (χ1) is 57.3. The van der Waals surface area contributed by atoms with Gasteiger partial charge in [0.25, 0.3) is 0 Å². The Balaban J connectivity index is 0.000000109. The second-order valence-corrected chi connectivity index (χ2v) is 43.7. The van der Waals surface area contributed by atoms with Crippen LogP contribution in [0.4, 0.5) is 0 Å². The topological polar surface area (TPSA) is 90.6 Å². The molecule has 0 fully saturated rings. The van der Waals surface area contributed by atoms with Crippen molar-refractivity contribution in [1.82, 2.24) is 43.1 Å². The predicted octanol–water partition coefficient (Wildman–Crippen LogP) is 19.6. The summed E-state index contributed by atoms with van der Waals surface area (Å²) in [6.45, 7) is 0. The summed E-state index contributed by atoms with van der Waals surface area (Å²) in [7, 11) is -0.906. The van der Waals surface area contributed by atoms with Crippen LogP contribution in [0.3, 0.4) is 0 Å². The molecule has 3 atom stereocenters. The van der Waals surface area contributed by atoms with Crippen molar-refractivity contribution in [1.29, 1.82) is 0 Å². The first-order valence-electron chi connectivity index (χ1n) is 38.7. The Kier molecular flexibility index (Phi) is 18.5. The number of hydrogen-bond acceptors (Lipinski definition) is 6. The first kappa shape index (κ1) is 72.5. The van der Waals surface area contributed by atoms with Gasteiger partial charge < -0.3 is 0 Å². The number of pyridine rings is 6. The van der Waals surface area contributed by atoms with E-state index in [1.807, 2.05) is 43.1 Å². The molecule has 24 aromatic rings. The van der Waals surface area contributed by atoms with Gasteiger partial charge >= 0.3 is 485 Å². The van der Waals surface area contributed by atoms with E-state index in [9.17, 15) is 0 Å². The summed E-state index contributed by atoms with van der Waals surface area (Å²) in [4.78, 5) is 29.3. The SMILES string of the molecule is [SeH2].[Se]=P(c1ccccc1)(c1ccc2ccccc2c1)c1cccc2nc3c4ccccc4c4ccccc4n3c12.[Se]=P(c1cccnc1)(c1ccc2ccccc2c1)c1cccc2nc3c4ccccc4c4ccccc4n3c12.c1cnc2cc(P(c3ccncc3)c3cccc4nc5c6ccccc6c6ccccc6n5c34)ccc2c1. The maximum atomic E-state index is 5.27. The minimum Gasteiger partial charge on any atom is -0.291 e. The van der Waals surface area contributed by atoms with E-state index in [4.69, 9.17) is 15.0 Å². The van der Waals surface area contributed by atoms with Gasteiger partial charge in [0.05, 0.1) is 22.1 Å². The average molecular weight is 1750 g/mol. The summed E-state index contributed by atoms with van der Waals surface area (Å²) in [5.41, 5.74) is 9.61. The third-order valence-corrected chi connectivity index (χ3v) is 39.1. The van der Waals surface area contributed by atoms with Crippen molar-refractivity contribution in [2.24, 2.45) is 0 Å². The normalized spacial score (nSPS) is 13.1. The van der Waals surface area contributed by atoms with Gasteiger partial charge in [0.15, 0.2) is 0 Å². The van der Waals surface area contributed by atoms with Gasteiger partial charge in [0.1, 0.15) is 5.65 Å². The second-order valence-electron chi connectivity index (χ2n) is 29.2. The molecule has 9 nitrogen and oxygen atoms in total. The summed E-state index contributed by atoms with van der Waals surface area (Å²) >= 11 is 7.57. The molecule has 9 aromatic heterocycles. The predicted molar refractivity (Wildman–Crippen MR) is 505 cm³/mol. The number of imidazole rings is 3. The van der Waals surface area contributed by atoms with Crippen LogP contribution in [0.1, 0.15) is 0 Å². The fourth-order valence-electron chi connectivity index (χ4n) is 17.6. The van der Waals surface area contributed by atoms with E-state index in [0.29, 0.717) is 0 Å². The Morgan fingerprint density at radius 2 is 0.658 bits per heavy atom. The molecule has 117 heavy (non-hydrogen) atoms. The van der Waals surface area contributed by atoms with Crippen LogP contribution < -0.4 is 47.7 Å². The quantitative estimate of drug-likeness (QED) is 0.0812. The summed E-state index contributed by atoms with van der Waals surface area (Å²) in [5, 5.41) is 28.5. The average Bonchev–Trinajstić information content (AvgIpc) is 1.57. The van der Waals surface area contributed by atoms with E-state index in [1.54, 1.807) is 0 Å². The van der Waals surface area contributed by atoms with Crippen molar-refractivity contribution in [3.05, 3.63) is 401 Å². The molecular formula is C102H68N9P3Se3. The molecule has 0 saturated heterocycles. The van der Waals surface area contributed by atoms with Crippen LogP contribution in [0.2, 0.25) is 0 Å². The summed E-state index contributed by atoms with van der Waals surface area (Å²) in [6, 6.07) is 133. The van der Waals surface area contributed by atoms with Crippen LogP contribution in [-0.2, 0) is 0 Å². The van der Waals surface area contributed by atoms with Crippen molar-refractivity contribution in [3.63, 3.8) is 0 Å². The minimum atomic E-state index is -2.23. The summed E-state index contributed by atoms with van der Waals surface area (Å²) in [5.74, 6) is 0. The standard InChI is InChI=1S/C35H23N2PSe.C34H22N3PSe.C33H21N4P.H2Se/c39-38(26-13-2-1-3-14-26,27-22-21-24-11-4-5-12-25(24)23-27)33-20-10-18-31-34(33)37-32-19-9-8-16-29(32)28-15-6-7-17-30(28)35(37)36-31;39-38(26-11-8-20-35-22-26,25-19-18-23-9-1-2-10-24(23)21-25)32-17-7-15-30-33(32)37-31-16-6-5-13-28(31)27-12-3-4-14-29(27)34(37)36-30;1-2-10-27-25(8-1)26-9-3-4-12-30(26)37-32-28(36-33(27)37)11-5-13-31(32)38(23-16-19-34-20-17-23)24-15-14-22-7-6-18-35-29(22)21-24;/h1-23H;1-22H;1-21H;1H2. The number of benzene rings is 15. The molecule has 554 valence electrons. The van der Waals surface area contributed by atoms with Crippen LogP contribution in [0.25, 0.3) is 148 Å². The van der Waals surface area contributed by atoms with E-state index in [-0.39, 0.29) is 17.1 Å². The number of nitrogens with zero attached hydrogens (tertiary/aromatic N) is 9. The molecular weight excluding hydrogens is 1680 g/mol. The third-order valence-electron chi connectivity index (χ3n) is 22.8. The monoisotopic (exact) mass is 1750 g/mol. The second kappa shape index (κ2) is 29.8. The maximum absolute atomic E-state index is 5.27. The molecule has 0 spiro atoms. The van der Waals surface area contributed by atoms with Crippen molar-refractivity contribution in [2.45, 2.75) is 0 Å². The fourth-order valence-corrected chi connectivity index (χ4v) is 30.4. The molecule has 0 aliphatic carbocycles. The Labute approximate surface area is 699 Å². The van der Waals surface area contributed by atoms with E-state index >= 15 is 0 Å². The van der Waals surface area contributed by atoms with Gasteiger partial charge in [-0.3, -0.25) is 14.4 Å². The summed E-state index contributed by atoms with van der Waals surface area (Å²) < 4.78 is 7.16. The first-order valence-corrected chi connectivity index (χ1v) is 48.0. The van der Waals surface area contributed by atoms with Crippen molar-refractivity contribution in [2.75, 3.05) is 0 Å². The Morgan fingerprint density at radius 1 is 0.256 bits per heavy atom. The van der Waals surface area contributed by atoms with Gasteiger partial charge in [-0.05, 0) is 60.3 Å². The number of hydrogen-bond donors (Lipinski definition) is 0. The Bertz CT molecular complexity index is 7900. The molecule has 0 bridgehead atoms. The molecule has 0 saturated carbocycles. The van der Waals surface area contributed by atoms with Crippen molar-refractivity contribution < 1.29 is 0 Å². The van der Waals surface area contributed by atoms with Gasteiger partial charge in [-0.2, -0.15) is 0 Å². The smallest absolute Gasteiger partial charge is 0.146 e. The molecule has 0 N–H and O–H groups in total. The zero-order valence-electron chi connectivity index (χ0n) is 62.8. The molecule has 15 heteroatoms. The van der Waals surface area contributed by atoms with Crippen LogP contribution in [0, 0.1) is 0 Å². The Hall–Kier alpha value is -12.2. The molecule has 0 amide bonds. The molecule has 3 unspecified atom stereocenters. The van der Waals surface area contributed by atoms with E-state index in [0.717, 1.165) is 71.7 Å². The zero-order chi connectivity index (χ0) is 77.0. The third kappa shape index (κ3) is 12.0.